The number of ether oxygens (including phenoxy) is 2. The Labute approximate surface area is 163 Å². The number of hydrogen-bond donors (Lipinski definition) is 0. The molecule has 26 heavy (non-hydrogen) atoms. The molecule has 0 aliphatic heterocycles. The van der Waals surface area contributed by atoms with Crippen molar-refractivity contribution in [3.8, 4) is 11.5 Å². The van der Waals surface area contributed by atoms with Crippen LogP contribution in [0.1, 0.15) is 79.0 Å². The Kier molecular flexibility index (Phi) is 7.03. The zero-order valence-electron chi connectivity index (χ0n) is 19.1. The van der Waals surface area contributed by atoms with Crippen LogP contribution in [0, 0.1) is 0 Å². The van der Waals surface area contributed by atoms with Crippen LogP contribution in [0.25, 0.3) is 0 Å². The van der Waals surface area contributed by atoms with E-state index in [0.717, 1.165) is 17.1 Å². The first-order valence-electron chi connectivity index (χ1n) is 9.61. The minimum absolute atomic E-state index is 0.0155. The molecule has 0 spiro atoms. The quantitative estimate of drug-likeness (QED) is 0.468. The van der Waals surface area contributed by atoms with Crippen LogP contribution >= 0.6 is 0 Å². The summed E-state index contributed by atoms with van der Waals surface area (Å²) in [5.41, 5.74) is 3.46. The van der Waals surface area contributed by atoms with Crippen molar-refractivity contribution in [1.29, 1.82) is 0 Å². The van der Waals surface area contributed by atoms with Gasteiger partial charge in [0.1, 0.15) is 11.5 Å². The van der Waals surface area contributed by atoms with Crippen molar-refractivity contribution in [3.63, 3.8) is 0 Å². The molecule has 0 aromatic heterocycles. The summed E-state index contributed by atoms with van der Waals surface area (Å²) in [6, 6.07) is 2.30. The molecule has 0 bridgehead atoms. The minimum atomic E-state index is -1.29. The highest BCUT2D eigenvalue weighted by Crippen LogP contribution is 2.49. The van der Waals surface area contributed by atoms with E-state index >= 15 is 0 Å². The number of hydrogen-bond acceptors (Lipinski definition) is 3. The standard InChI is InChI=1S/C22H40O3Si/c1-20(2,3)15-13-16(21(4,5)6)19(25-26(11)12)17(22(7,8)9)18(15)24-14-23-10/h13,26H,14H2,1-12H3. The van der Waals surface area contributed by atoms with Crippen LogP contribution in [-0.2, 0) is 21.0 Å². The molecule has 4 heteroatoms. The molecule has 0 unspecified atom stereocenters. The van der Waals surface area contributed by atoms with E-state index in [0.29, 0.717) is 0 Å². The monoisotopic (exact) mass is 380 g/mol. The van der Waals surface area contributed by atoms with Crippen LogP contribution in [0.4, 0.5) is 0 Å². The van der Waals surface area contributed by atoms with Crippen molar-refractivity contribution in [2.45, 2.75) is 91.7 Å². The van der Waals surface area contributed by atoms with Crippen molar-refractivity contribution in [2.75, 3.05) is 13.9 Å². The van der Waals surface area contributed by atoms with Gasteiger partial charge in [-0.1, -0.05) is 62.3 Å². The van der Waals surface area contributed by atoms with Gasteiger partial charge in [0.05, 0.1) is 0 Å². The van der Waals surface area contributed by atoms with Gasteiger partial charge in [-0.05, 0) is 41.0 Å². The highest BCUT2D eigenvalue weighted by molar-refractivity contribution is 6.49. The van der Waals surface area contributed by atoms with Gasteiger partial charge < -0.3 is 13.9 Å². The Balaban J connectivity index is 4.02. The Bertz CT molecular complexity index is 614. The molecule has 1 rings (SSSR count). The predicted octanol–water partition coefficient (Wildman–Crippen LogP) is 5.92. The molecule has 0 atom stereocenters. The topological polar surface area (TPSA) is 27.7 Å². The zero-order valence-corrected chi connectivity index (χ0v) is 20.2. The summed E-state index contributed by atoms with van der Waals surface area (Å²) in [4.78, 5) is 0. The van der Waals surface area contributed by atoms with Crippen molar-refractivity contribution >= 4 is 9.04 Å². The van der Waals surface area contributed by atoms with E-state index in [4.69, 9.17) is 13.9 Å². The average molecular weight is 381 g/mol. The van der Waals surface area contributed by atoms with E-state index in [9.17, 15) is 0 Å². The maximum absolute atomic E-state index is 6.54. The molecular weight excluding hydrogens is 340 g/mol. The minimum Gasteiger partial charge on any atom is -0.546 e. The SMILES string of the molecule is COCOc1c(C(C)(C)C)cc(C(C)(C)C)c(O[SiH](C)C)c1C(C)(C)C. The summed E-state index contributed by atoms with van der Waals surface area (Å²) in [6.07, 6.45) is 0. The fourth-order valence-electron chi connectivity index (χ4n) is 3.07. The first-order valence-corrected chi connectivity index (χ1v) is 12.4. The molecule has 0 fully saturated rings. The van der Waals surface area contributed by atoms with Gasteiger partial charge in [0, 0.05) is 18.2 Å². The van der Waals surface area contributed by atoms with Crippen LogP contribution in [-0.4, -0.2) is 22.9 Å². The number of benzene rings is 1. The lowest BCUT2D eigenvalue weighted by Gasteiger charge is -2.36. The molecule has 150 valence electrons. The van der Waals surface area contributed by atoms with Gasteiger partial charge in [0.15, 0.2) is 6.79 Å². The van der Waals surface area contributed by atoms with E-state index in [2.05, 4.69) is 81.5 Å². The Hall–Kier alpha value is -1.00. The Morgan fingerprint density at radius 2 is 1.23 bits per heavy atom. The molecule has 0 amide bonds. The van der Waals surface area contributed by atoms with Crippen molar-refractivity contribution in [2.24, 2.45) is 0 Å². The van der Waals surface area contributed by atoms with Crippen molar-refractivity contribution in [1.82, 2.24) is 0 Å². The Morgan fingerprint density at radius 3 is 1.58 bits per heavy atom. The summed E-state index contributed by atoms with van der Waals surface area (Å²) < 4.78 is 18.0. The second kappa shape index (κ2) is 7.93. The summed E-state index contributed by atoms with van der Waals surface area (Å²) in [5, 5.41) is 0. The lowest BCUT2D eigenvalue weighted by Crippen LogP contribution is -2.27. The molecule has 0 radical (unpaired) electrons. The highest BCUT2D eigenvalue weighted by Gasteiger charge is 2.35. The van der Waals surface area contributed by atoms with Gasteiger partial charge in [0.2, 0.25) is 9.04 Å². The highest BCUT2D eigenvalue weighted by atomic mass is 28.3. The van der Waals surface area contributed by atoms with Crippen LogP contribution in [0.2, 0.25) is 13.1 Å². The van der Waals surface area contributed by atoms with E-state index in [-0.39, 0.29) is 23.0 Å². The fraction of sp³-hybridized carbons (Fsp3) is 0.727. The molecule has 0 saturated heterocycles. The third-order valence-corrected chi connectivity index (χ3v) is 4.98. The van der Waals surface area contributed by atoms with Crippen LogP contribution in [0.3, 0.4) is 0 Å². The molecule has 3 nitrogen and oxygen atoms in total. The largest absolute Gasteiger partial charge is 0.546 e. The normalized spacial score (nSPS) is 13.3. The molecule has 0 heterocycles. The first kappa shape index (κ1) is 23.0. The number of rotatable bonds is 5. The maximum Gasteiger partial charge on any atom is 0.229 e. The van der Waals surface area contributed by atoms with Crippen LogP contribution in [0.15, 0.2) is 6.07 Å². The molecule has 1 aromatic carbocycles. The third kappa shape index (κ3) is 5.50. The lowest BCUT2D eigenvalue weighted by atomic mass is 9.74. The average Bonchev–Trinajstić information content (AvgIpc) is 2.39. The number of methoxy groups -OCH3 is 1. The summed E-state index contributed by atoms with van der Waals surface area (Å²) >= 11 is 0. The second-order valence-corrected chi connectivity index (χ2v) is 12.8. The second-order valence-electron chi connectivity index (χ2n) is 10.5. The third-order valence-electron chi connectivity index (χ3n) is 4.27. The van der Waals surface area contributed by atoms with Gasteiger partial charge in [0.25, 0.3) is 0 Å². The predicted molar refractivity (Wildman–Crippen MR) is 115 cm³/mol. The zero-order chi connectivity index (χ0) is 20.5. The van der Waals surface area contributed by atoms with E-state index in [1.165, 1.54) is 11.1 Å². The summed E-state index contributed by atoms with van der Waals surface area (Å²) in [7, 11) is 0.373. The Morgan fingerprint density at radius 1 is 0.769 bits per heavy atom. The molecule has 1 aromatic rings. The van der Waals surface area contributed by atoms with Gasteiger partial charge in [-0.25, -0.2) is 0 Å². The maximum atomic E-state index is 6.54. The fourth-order valence-corrected chi connectivity index (χ4v) is 3.79. The van der Waals surface area contributed by atoms with Gasteiger partial charge in [-0.2, -0.15) is 0 Å². The van der Waals surface area contributed by atoms with Gasteiger partial charge in [-0.15, -0.1) is 0 Å². The molecule has 0 saturated carbocycles. The lowest BCUT2D eigenvalue weighted by molar-refractivity contribution is 0.0482. The molecule has 0 aliphatic carbocycles. The van der Waals surface area contributed by atoms with Crippen LogP contribution in [0.5, 0.6) is 11.5 Å². The van der Waals surface area contributed by atoms with E-state index < -0.39 is 9.04 Å². The molecule has 0 aliphatic rings. The van der Waals surface area contributed by atoms with Gasteiger partial charge >= 0.3 is 0 Å². The van der Waals surface area contributed by atoms with E-state index in [1.54, 1.807) is 7.11 Å². The summed E-state index contributed by atoms with van der Waals surface area (Å²) in [6.45, 7) is 24.8. The molecule has 0 N–H and O–H groups in total. The van der Waals surface area contributed by atoms with Gasteiger partial charge in [-0.3, -0.25) is 0 Å². The van der Waals surface area contributed by atoms with E-state index in [1.807, 2.05) is 0 Å². The van der Waals surface area contributed by atoms with Crippen molar-refractivity contribution in [3.05, 3.63) is 22.8 Å². The first-order chi connectivity index (χ1) is 11.6. The van der Waals surface area contributed by atoms with Crippen molar-refractivity contribution < 1.29 is 13.9 Å². The summed E-state index contributed by atoms with van der Waals surface area (Å²) in [5.74, 6) is 1.94. The molecular formula is C22H40O3Si. The smallest absolute Gasteiger partial charge is 0.229 e. The van der Waals surface area contributed by atoms with Crippen LogP contribution < -0.4 is 9.16 Å².